The highest BCUT2D eigenvalue weighted by Gasteiger charge is 2.25. The third-order valence-electron chi connectivity index (χ3n) is 4.75. The summed E-state index contributed by atoms with van der Waals surface area (Å²) in [5.74, 6) is -2.21. The van der Waals surface area contributed by atoms with Crippen LogP contribution in [0.4, 0.5) is 21.7 Å². The van der Waals surface area contributed by atoms with Gasteiger partial charge in [0, 0.05) is 12.7 Å². The Hall–Kier alpha value is -3.68. The van der Waals surface area contributed by atoms with Crippen molar-refractivity contribution < 1.29 is 14.0 Å². The summed E-state index contributed by atoms with van der Waals surface area (Å²) in [5, 5.41) is 5.07. The van der Waals surface area contributed by atoms with Crippen molar-refractivity contribution in [1.82, 2.24) is 4.98 Å². The molecule has 29 heavy (non-hydrogen) atoms. The Labute approximate surface area is 167 Å². The Bertz CT molecular complexity index is 1090. The summed E-state index contributed by atoms with van der Waals surface area (Å²) in [6.07, 6.45) is 0.373. The van der Waals surface area contributed by atoms with E-state index in [2.05, 4.69) is 10.3 Å². The first-order valence-corrected chi connectivity index (χ1v) is 9.10. The minimum Gasteiger partial charge on any atom is -0.368 e. The fourth-order valence-electron chi connectivity index (χ4n) is 3.23. The van der Waals surface area contributed by atoms with Crippen LogP contribution in [0.5, 0.6) is 0 Å². The molecule has 0 radical (unpaired) electrons. The number of aromatic nitrogens is 1. The molecular formula is C21H22FN5O2. The molecule has 1 atom stereocenters. The number of hydrogen-bond donors (Lipinski definition) is 3. The van der Waals surface area contributed by atoms with Crippen molar-refractivity contribution in [2.75, 3.05) is 17.3 Å². The summed E-state index contributed by atoms with van der Waals surface area (Å²) in [6, 6.07) is 13.7. The normalized spacial score (nSPS) is 11.8. The van der Waals surface area contributed by atoms with Crippen LogP contribution in [-0.2, 0) is 4.79 Å². The summed E-state index contributed by atoms with van der Waals surface area (Å²) in [5.41, 5.74) is 11.4. The van der Waals surface area contributed by atoms with E-state index in [0.29, 0.717) is 12.1 Å². The number of hydrogen-bond acceptors (Lipinski definition) is 5. The molecule has 0 bridgehead atoms. The van der Waals surface area contributed by atoms with E-state index in [1.165, 1.54) is 11.9 Å². The first kappa shape index (κ1) is 20.1. The number of amides is 2. The molecule has 5 N–H and O–H groups in total. The monoisotopic (exact) mass is 395 g/mol. The standard InChI is InChI=1S/C21H22FN5O2/c1-3-17(19(24)29)27(2)21-16(22)11-15(18(23)28)20(26-21)25-14-9-8-12-6-4-5-7-13(12)10-14/h4-11,17H,3H2,1-2H3,(H2,23,28)(H2,24,29)(H,25,26)/t17-/m1/s1. The molecule has 3 aromatic rings. The van der Waals surface area contributed by atoms with Gasteiger partial charge in [0.05, 0.1) is 5.56 Å². The number of nitrogens with zero attached hydrogens (tertiary/aromatic N) is 2. The number of carbonyl (C=O) groups is 2. The quantitative estimate of drug-likeness (QED) is 0.569. The highest BCUT2D eigenvalue weighted by Crippen LogP contribution is 2.28. The molecule has 0 fully saturated rings. The van der Waals surface area contributed by atoms with Gasteiger partial charge in [0.1, 0.15) is 11.9 Å². The first-order chi connectivity index (χ1) is 13.8. The number of anilines is 3. The van der Waals surface area contributed by atoms with Gasteiger partial charge < -0.3 is 21.7 Å². The molecule has 0 aliphatic carbocycles. The van der Waals surface area contributed by atoms with Gasteiger partial charge in [-0.1, -0.05) is 37.3 Å². The fourth-order valence-corrected chi connectivity index (χ4v) is 3.23. The van der Waals surface area contributed by atoms with Crippen LogP contribution in [-0.4, -0.2) is 29.9 Å². The van der Waals surface area contributed by atoms with Crippen molar-refractivity contribution in [1.29, 1.82) is 0 Å². The van der Waals surface area contributed by atoms with Gasteiger partial charge in [0.25, 0.3) is 5.91 Å². The van der Waals surface area contributed by atoms with Gasteiger partial charge in [-0.25, -0.2) is 9.37 Å². The average Bonchev–Trinajstić information content (AvgIpc) is 2.68. The Kier molecular flexibility index (Phi) is 5.63. The smallest absolute Gasteiger partial charge is 0.252 e. The largest absolute Gasteiger partial charge is 0.368 e. The Balaban J connectivity index is 2.05. The van der Waals surface area contributed by atoms with Gasteiger partial charge in [0.2, 0.25) is 5.91 Å². The van der Waals surface area contributed by atoms with Crippen LogP contribution in [0, 0.1) is 5.82 Å². The molecule has 2 aromatic carbocycles. The van der Waals surface area contributed by atoms with Crippen molar-refractivity contribution in [3.63, 3.8) is 0 Å². The van der Waals surface area contributed by atoms with Crippen molar-refractivity contribution in [3.05, 3.63) is 59.9 Å². The maximum absolute atomic E-state index is 14.7. The van der Waals surface area contributed by atoms with E-state index in [1.807, 2.05) is 42.5 Å². The summed E-state index contributed by atoms with van der Waals surface area (Å²) in [7, 11) is 1.52. The number of nitrogens with one attached hydrogen (secondary N) is 1. The molecule has 7 nitrogen and oxygen atoms in total. The molecule has 0 spiro atoms. The van der Waals surface area contributed by atoms with E-state index in [4.69, 9.17) is 11.5 Å². The number of rotatable bonds is 7. The second-order valence-electron chi connectivity index (χ2n) is 6.68. The Morgan fingerprint density at radius 1 is 1.14 bits per heavy atom. The van der Waals surface area contributed by atoms with Crippen LogP contribution in [0.1, 0.15) is 23.7 Å². The van der Waals surface area contributed by atoms with Crippen LogP contribution in [0.15, 0.2) is 48.5 Å². The highest BCUT2D eigenvalue weighted by molar-refractivity contribution is 5.99. The molecule has 2 amide bonds. The van der Waals surface area contributed by atoms with Gasteiger partial charge in [-0.05, 0) is 35.4 Å². The molecular weight excluding hydrogens is 373 g/mol. The second-order valence-corrected chi connectivity index (χ2v) is 6.68. The molecule has 1 heterocycles. The highest BCUT2D eigenvalue weighted by atomic mass is 19.1. The number of fused-ring (bicyclic) bond motifs is 1. The van der Waals surface area contributed by atoms with E-state index >= 15 is 0 Å². The molecule has 1 aromatic heterocycles. The minimum atomic E-state index is -0.823. The van der Waals surface area contributed by atoms with Crippen LogP contribution >= 0.6 is 0 Å². The van der Waals surface area contributed by atoms with E-state index in [1.54, 1.807) is 6.92 Å². The lowest BCUT2D eigenvalue weighted by Crippen LogP contribution is -2.43. The third-order valence-corrected chi connectivity index (χ3v) is 4.75. The predicted molar refractivity (Wildman–Crippen MR) is 112 cm³/mol. The molecule has 0 saturated heterocycles. The van der Waals surface area contributed by atoms with Crippen LogP contribution in [0.2, 0.25) is 0 Å². The molecule has 8 heteroatoms. The van der Waals surface area contributed by atoms with Gasteiger partial charge in [-0.3, -0.25) is 9.59 Å². The van der Waals surface area contributed by atoms with Gasteiger partial charge in [-0.2, -0.15) is 0 Å². The minimum absolute atomic E-state index is 0.0929. The molecule has 0 unspecified atom stereocenters. The number of likely N-dealkylation sites (N-methyl/N-ethyl adjacent to an activating group) is 1. The summed E-state index contributed by atoms with van der Waals surface area (Å²) in [6.45, 7) is 1.76. The summed E-state index contributed by atoms with van der Waals surface area (Å²) in [4.78, 5) is 29.1. The zero-order chi connectivity index (χ0) is 21.1. The zero-order valence-corrected chi connectivity index (χ0v) is 16.1. The van der Waals surface area contributed by atoms with E-state index in [9.17, 15) is 14.0 Å². The SMILES string of the molecule is CC[C@H](C(N)=O)N(C)c1nc(Nc2ccc3ccccc3c2)c(C(N)=O)cc1F. The van der Waals surface area contributed by atoms with E-state index in [0.717, 1.165) is 16.8 Å². The molecule has 0 saturated carbocycles. The van der Waals surface area contributed by atoms with Gasteiger partial charge in [-0.15, -0.1) is 0 Å². The van der Waals surface area contributed by atoms with Crippen molar-refractivity contribution in [2.24, 2.45) is 11.5 Å². The Morgan fingerprint density at radius 2 is 1.83 bits per heavy atom. The number of carbonyl (C=O) groups excluding carboxylic acids is 2. The van der Waals surface area contributed by atoms with Gasteiger partial charge >= 0.3 is 0 Å². The number of halogens is 1. The second kappa shape index (κ2) is 8.14. The zero-order valence-electron chi connectivity index (χ0n) is 16.1. The Morgan fingerprint density at radius 3 is 2.45 bits per heavy atom. The first-order valence-electron chi connectivity index (χ1n) is 9.10. The lowest BCUT2D eigenvalue weighted by Gasteiger charge is -2.26. The maximum atomic E-state index is 14.7. The van der Waals surface area contributed by atoms with Crippen molar-refractivity contribution >= 4 is 39.9 Å². The lowest BCUT2D eigenvalue weighted by molar-refractivity contribution is -0.119. The third kappa shape index (κ3) is 4.11. The van der Waals surface area contributed by atoms with Gasteiger partial charge in [0.15, 0.2) is 11.6 Å². The number of benzene rings is 2. The topological polar surface area (TPSA) is 114 Å². The predicted octanol–water partition coefficient (Wildman–Crippen LogP) is 2.92. The van der Waals surface area contributed by atoms with Crippen LogP contribution in [0.25, 0.3) is 10.8 Å². The fraction of sp³-hybridized carbons (Fsp3) is 0.190. The molecule has 0 aliphatic rings. The molecule has 3 rings (SSSR count). The van der Waals surface area contributed by atoms with Crippen LogP contribution in [0.3, 0.4) is 0 Å². The lowest BCUT2D eigenvalue weighted by atomic mass is 10.1. The van der Waals surface area contributed by atoms with E-state index in [-0.39, 0.29) is 17.2 Å². The van der Waals surface area contributed by atoms with Crippen molar-refractivity contribution in [3.8, 4) is 0 Å². The number of primary amides is 2. The average molecular weight is 395 g/mol. The van der Waals surface area contributed by atoms with Crippen molar-refractivity contribution in [2.45, 2.75) is 19.4 Å². The van der Waals surface area contributed by atoms with E-state index < -0.39 is 23.7 Å². The molecule has 0 aliphatic heterocycles. The molecule has 150 valence electrons. The summed E-state index contributed by atoms with van der Waals surface area (Å²) >= 11 is 0. The number of nitrogens with two attached hydrogens (primary N) is 2. The maximum Gasteiger partial charge on any atom is 0.252 e. The van der Waals surface area contributed by atoms with Crippen LogP contribution < -0.4 is 21.7 Å². The summed E-state index contributed by atoms with van der Waals surface area (Å²) < 4.78 is 14.7. The number of pyridine rings is 1.